The van der Waals surface area contributed by atoms with Crippen molar-refractivity contribution in [2.45, 2.75) is 4.90 Å². The molecule has 0 aromatic heterocycles. The quantitative estimate of drug-likeness (QED) is 0.173. The zero-order chi connectivity index (χ0) is 27.0. The first kappa shape index (κ1) is 25.1. The highest BCUT2D eigenvalue weighted by Crippen LogP contribution is 2.40. The third-order valence-electron chi connectivity index (χ3n) is 5.74. The predicted octanol–water partition coefficient (Wildman–Crippen LogP) is 4.10. The molecule has 0 aliphatic heterocycles. The minimum atomic E-state index is -4.85. The molecule has 12 heteroatoms. The molecule has 4 aromatic rings. The highest BCUT2D eigenvalue weighted by Gasteiger charge is 2.36. The number of fused-ring (bicyclic) bond motifs is 2. The molecule has 0 spiro atoms. The smallest absolute Gasteiger partial charge is 0.316 e. The lowest BCUT2D eigenvalue weighted by Crippen LogP contribution is -2.25. The first-order chi connectivity index (χ1) is 18.1. The van der Waals surface area contributed by atoms with Gasteiger partial charge in [-0.3, -0.25) is 18.9 Å². The third-order valence-corrected chi connectivity index (χ3v) is 7.38. The van der Waals surface area contributed by atoms with E-state index in [1.165, 1.54) is 18.2 Å². The van der Waals surface area contributed by atoms with Gasteiger partial charge in [0.2, 0.25) is 0 Å². The van der Waals surface area contributed by atoms with Gasteiger partial charge in [-0.1, -0.05) is 48.5 Å². The Balaban J connectivity index is 1.54. The van der Waals surface area contributed by atoms with Crippen LogP contribution in [0.1, 0.15) is 31.8 Å². The summed E-state index contributed by atoms with van der Waals surface area (Å²) in [5.41, 5.74) is 5.89. The Bertz CT molecular complexity index is 1740. The molecule has 5 rings (SSSR count). The Kier molecular flexibility index (Phi) is 6.45. The fourth-order valence-corrected chi connectivity index (χ4v) is 5.40. The van der Waals surface area contributed by atoms with E-state index in [4.69, 9.17) is 9.92 Å². The second kappa shape index (κ2) is 9.74. The summed E-state index contributed by atoms with van der Waals surface area (Å²) in [6.07, 6.45) is 0. The van der Waals surface area contributed by atoms with Gasteiger partial charge in [-0.2, -0.15) is 12.6 Å². The molecule has 0 saturated carbocycles. The zero-order valence-corrected chi connectivity index (χ0v) is 21.0. The number of hydrogen-bond donors (Lipinski definition) is 4. The Morgan fingerprint density at radius 1 is 0.789 bits per heavy atom. The van der Waals surface area contributed by atoms with Crippen molar-refractivity contribution in [2.24, 2.45) is 0 Å². The molecule has 38 heavy (non-hydrogen) atoms. The molecule has 1 unspecified atom stereocenters. The van der Waals surface area contributed by atoms with Crippen molar-refractivity contribution in [1.29, 1.82) is 0 Å². The number of nitrogens with two attached hydrogens (primary N) is 1. The molecular weight excluding hydrogens is 530 g/mol. The Labute approximate surface area is 220 Å². The fourth-order valence-electron chi connectivity index (χ4n) is 4.10. The second-order valence-corrected chi connectivity index (χ2v) is 10.4. The standard InChI is InChI=1S/C26H19N3O7S2/c27-24-21(38(33,34)35)14-20(22-23(24)26(31)19-12-5-4-11-18(19)25(22)30)28-15-7-6-8-16(13-15)29-37(32)36-17-9-2-1-3-10-17/h1-14,28-29H,27H2,(H,33,34,35). The van der Waals surface area contributed by atoms with Gasteiger partial charge in [0.05, 0.1) is 28.2 Å². The van der Waals surface area contributed by atoms with Gasteiger partial charge >= 0.3 is 11.3 Å². The number of para-hydroxylation sites is 1. The summed E-state index contributed by atoms with van der Waals surface area (Å²) in [5, 5.41) is 2.93. The van der Waals surface area contributed by atoms with Crippen LogP contribution in [-0.2, 0) is 21.4 Å². The average molecular weight is 550 g/mol. The van der Waals surface area contributed by atoms with Crippen LogP contribution in [0.5, 0.6) is 5.75 Å². The van der Waals surface area contributed by atoms with Gasteiger partial charge in [-0.05, 0) is 36.4 Å². The van der Waals surface area contributed by atoms with Gasteiger partial charge in [0.25, 0.3) is 10.1 Å². The number of anilines is 4. The lowest BCUT2D eigenvalue weighted by molar-refractivity contribution is 0.0980. The SMILES string of the molecule is Nc1c(S(=O)(=O)O)cc(Nc2cccc(NS(=O)Oc3ccccc3)c2)c2c1C(=O)c1ccccc1C2=O. The van der Waals surface area contributed by atoms with Gasteiger partial charge < -0.3 is 15.2 Å². The van der Waals surface area contributed by atoms with Crippen molar-refractivity contribution in [3.8, 4) is 5.75 Å². The molecule has 0 saturated heterocycles. The maximum absolute atomic E-state index is 13.4. The van der Waals surface area contributed by atoms with Crippen LogP contribution in [0.2, 0.25) is 0 Å². The number of carbonyl (C=O) groups is 2. The van der Waals surface area contributed by atoms with Crippen LogP contribution in [0.15, 0.2) is 89.8 Å². The maximum atomic E-state index is 13.4. The largest absolute Gasteiger partial charge is 0.397 e. The van der Waals surface area contributed by atoms with Gasteiger partial charge in [-0.15, -0.1) is 0 Å². The molecule has 0 radical (unpaired) electrons. The highest BCUT2D eigenvalue weighted by molar-refractivity contribution is 7.86. The van der Waals surface area contributed by atoms with Crippen LogP contribution in [0.25, 0.3) is 0 Å². The number of carbonyl (C=O) groups excluding carboxylic acids is 2. The normalized spacial score (nSPS) is 13.3. The maximum Gasteiger partial charge on any atom is 0.316 e. The minimum absolute atomic E-state index is 0.0616. The van der Waals surface area contributed by atoms with Crippen LogP contribution in [0.3, 0.4) is 0 Å². The van der Waals surface area contributed by atoms with E-state index >= 15 is 0 Å². The van der Waals surface area contributed by atoms with E-state index < -0.39 is 43.5 Å². The predicted molar refractivity (Wildman–Crippen MR) is 143 cm³/mol. The van der Waals surface area contributed by atoms with Crippen LogP contribution in [-0.4, -0.2) is 28.7 Å². The molecule has 0 bridgehead atoms. The van der Waals surface area contributed by atoms with Crippen molar-refractivity contribution in [3.63, 3.8) is 0 Å². The van der Waals surface area contributed by atoms with Gasteiger partial charge in [0, 0.05) is 16.8 Å². The van der Waals surface area contributed by atoms with E-state index in [9.17, 15) is 26.8 Å². The summed E-state index contributed by atoms with van der Waals surface area (Å²) < 4.78 is 54.4. The first-order valence-electron chi connectivity index (χ1n) is 11.0. The molecule has 10 nitrogen and oxygen atoms in total. The highest BCUT2D eigenvalue weighted by atomic mass is 32.2. The van der Waals surface area contributed by atoms with Crippen molar-refractivity contribution >= 4 is 55.7 Å². The summed E-state index contributed by atoms with van der Waals surface area (Å²) in [5.74, 6) is -0.801. The van der Waals surface area contributed by atoms with E-state index in [0.717, 1.165) is 6.07 Å². The molecule has 5 N–H and O–H groups in total. The number of ketones is 2. The van der Waals surface area contributed by atoms with Crippen LogP contribution < -0.4 is 20.0 Å². The Morgan fingerprint density at radius 3 is 2.05 bits per heavy atom. The summed E-state index contributed by atoms with van der Waals surface area (Å²) in [4.78, 5) is 26.0. The fraction of sp³-hybridized carbons (Fsp3) is 0. The number of rotatable bonds is 7. The van der Waals surface area contributed by atoms with Crippen molar-refractivity contribution in [3.05, 3.63) is 107 Å². The van der Waals surface area contributed by atoms with Crippen LogP contribution >= 0.6 is 0 Å². The Hall–Kier alpha value is -4.52. The lowest BCUT2D eigenvalue weighted by Gasteiger charge is -2.23. The van der Waals surface area contributed by atoms with E-state index in [2.05, 4.69) is 10.0 Å². The molecule has 0 fully saturated rings. The van der Waals surface area contributed by atoms with Crippen LogP contribution in [0, 0.1) is 0 Å². The monoisotopic (exact) mass is 549 g/mol. The Morgan fingerprint density at radius 2 is 1.39 bits per heavy atom. The third kappa shape index (κ3) is 4.75. The van der Waals surface area contributed by atoms with E-state index in [1.807, 2.05) is 0 Å². The first-order valence-corrected chi connectivity index (χ1v) is 13.6. The lowest BCUT2D eigenvalue weighted by atomic mass is 9.82. The van der Waals surface area contributed by atoms with Crippen molar-refractivity contribution < 1.29 is 31.0 Å². The van der Waals surface area contributed by atoms with E-state index in [-0.39, 0.29) is 27.9 Å². The molecule has 0 heterocycles. The number of nitrogen functional groups attached to an aromatic ring is 1. The van der Waals surface area contributed by atoms with E-state index in [1.54, 1.807) is 60.7 Å². The van der Waals surface area contributed by atoms with E-state index in [0.29, 0.717) is 17.1 Å². The molecule has 1 atom stereocenters. The molecule has 1 aliphatic rings. The summed E-state index contributed by atoms with van der Waals surface area (Å²) in [6, 6.07) is 22.0. The summed E-state index contributed by atoms with van der Waals surface area (Å²) >= 11 is -1.94. The van der Waals surface area contributed by atoms with Crippen molar-refractivity contribution in [1.82, 2.24) is 0 Å². The topological polar surface area (TPSA) is 165 Å². The molecule has 4 aromatic carbocycles. The van der Waals surface area contributed by atoms with Crippen molar-refractivity contribution in [2.75, 3.05) is 15.8 Å². The number of nitrogens with one attached hydrogen (secondary N) is 2. The number of benzene rings is 4. The van der Waals surface area contributed by atoms with Gasteiger partial charge in [0.1, 0.15) is 10.6 Å². The molecule has 1 aliphatic carbocycles. The summed E-state index contributed by atoms with van der Waals surface area (Å²) in [7, 11) is -4.85. The van der Waals surface area contributed by atoms with Gasteiger partial charge in [-0.25, -0.2) is 0 Å². The summed E-state index contributed by atoms with van der Waals surface area (Å²) in [6.45, 7) is 0. The minimum Gasteiger partial charge on any atom is -0.397 e. The molecule has 192 valence electrons. The van der Waals surface area contributed by atoms with Gasteiger partial charge in [0.15, 0.2) is 11.6 Å². The average Bonchev–Trinajstić information content (AvgIpc) is 2.88. The molecule has 0 amide bonds. The van der Waals surface area contributed by atoms with Crippen LogP contribution in [0.4, 0.5) is 22.7 Å². The second-order valence-electron chi connectivity index (χ2n) is 8.20. The number of hydrogen-bond acceptors (Lipinski definition) is 8. The zero-order valence-electron chi connectivity index (χ0n) is 19.4. The molecular formula is C26H19N3O7S2.